The zero-order valence-corrected chi connectivity index (χ0v) is 20.3. The Morgan fingerprint density at radius 2 is 1.26 bits per heavy atom. The number of aromatic nitrogens is 3. The van der Waals surface area contributed by atoms with E-state index in [2.05, 4.69) is 115 Å². The molecule has 0 unspecified atom stereocenters. The number of hydrogen-bond donors (Lipinski definition) is 0. The predicted octanol–water partition coefficient (Wildman–Crippen LogP) is 8.22. The average Bonchev–Trinajstić information content (AvgIpc) is 3.26. The zero-order chi connectivity index (χ0) is 23.9. The van der Waals surface area contributed by atoms with Gasteiger partial charge in [0.25, 0.3) is 0 Å². The summed E-state index contributed by atoms with van der Waals surface area (Å²) in [5, 5.41) is 2.44. The lowest BCUT2D eigenvalue weighted by atomic mass is 9.90. The van der Waals surface area contributed by atoms with Crippen LogP contribution >= 0.6 is 0 Å². The molecule has 0 saturated heterocycles. The van der Waals surface area contributed by atoms with Crippen LogP contribution in [-0.4, -0.2) is 14.5 Å². The van der Waals surface area contributed by atoms with Crippen LogP contribution in [0.3, 0.4) is 0 Å². The molecule has 170 valence electrons. The van der Waals surface area contributed by atoms with Gasteiger partial charge in [0.1, 0.15) is 5.82 Å². The molecule has 2 aromatic heterocycles. The van der Waals surface area contributed by atoms with Crippen LogP contribution in [-0.2, 0) is 6.54 Å². The van der Waals surface area contributed by atoms with Crippen molar-refractivity contribution in [1.82, 2.24) is 14.5 Å². The Balaban J connectivity index is 1.85. The predicted molar refractivity (Wildman–Crippen MR) is 146 cm³/mol. The normalized spacial score (nSPS) is 11.4. The fourth-order valence-electron chi connectivity index (χ4n) is 5.39. The molecule has 0 bridgehead atoms. The van der Waals surface area contributed by atoms with Gasteiger partial charge in [-0.15, -0.1) is 0 Å². The van der Waals surface area contributed by atoms with Crippen molar-refractivity contribution in [2.75, 3.05) is 0 Å². The smallest absolute Gasteiger partial charge is 0.141 e. The molecule has 6 rings (SSSR count). The van der Waals surface area contributed by atoms with E-state index in [1.807, 2.05) is 12.4 Å². The lowest BCUT2D eigenvalue weighted by molar-refractivity contribution is 0.797. The van der Waals surface area contributed by atoms with Gasteiger partial charge in [-0.2, -0.15) is 0 Å². The van der Waals surface area contributed by atoms with Gasteiger partial charge in [-0.25, -0.2) is 4.98 Å². The molecule has 0 saturated carbocycles. The summed E-state index contributed by atoms with van der Waals surface area (Å²) in [7, 11) is 0. The number of pyridine rings is 1. The third kappa shape index (κ3) is 3.52. The summed E-state index contributed by atoms with van der Waals surface area (Å²) in [6, 6.07) is 30.3. The van der Waals surface area contributed by atoms with Gasteiger partial charge in [0.15, 0.2) is 0 Å². The van der Waals surface area contributed by atoms with Crippen molar-refractivity contribution in [1.29, 1.82) is 0 Å². The van der Waals surface area contributed by atoms with Gasteiger partial charge >= 0.3 is 0 Å². The van der Waals surface area contributed by atoms with Crippen molar-refractivity contribution in [2.24, 2.45) is 0 Å². The fourth-order valence-corrected chi connectivity index (χ4v) is 5.39. The average molecular weight is 454 g/mol. The van der Waals surface area contributed by atoms with E-state index in [0.717, 1.165) is 34.6 Å². The molecule has 0 aliphatic carbocycles. The van der Waals surface area contributed by atoms with Crippen LogP contribution in [0.2, 0.25) is 0 Å². The maximum atomic E-state index is 5.39. The van der Waals surface area contributed by atoms with Crippen LogP contribution in [0.5, 0.6) is 0 Å². The van der Waals surface area contributed by atoms with Crippen LogP contribution in [0, 0.1) is 13.8 Å². The molecule has 0 amide bonds. The lowest BCUT2D eigenvalue weighted by Gasteiger charge is -2.16. The number of rotatable bonds is 4. The largest absolute Gasteiger partial charge is 0.324 e. The maximum Gasteiger partial charge on any atom is 0.141 e. The molecule has 3 nitrogen and oxygen atoms in total. The minimum absolute atomic E-state index is 0.826. The summed E-state index contributed by atoms with van der Waals surface area (Å²) in [6.45, 7) is 7.35. The highest BCUT2D eigenvalue weighted by atomic mass is 15.1. The van der Waals surface area contributed by atoms with Gasteiger partial charge in [-0.3, -0.25) is 4.98 Å². The van der Waals surface area contributed by atoms with Crippen molar-refractivity contribution >= 4 is 21.8 Å². The van der Waals surface area contributed by atoms with E-state index < -0.39 is 0 Å². The quantitative estimate of drug-likeness (QED) is 0.269. The van der Waals surface area contributed by atoms with E-state index in [4.69, 9.17) is 4.98 Å². The molecule has 0 atom stereocenters. The minimum Gasteiger partial charge on any atom is -0.324 e. The van der Waals surface area contributed by atoms with Crippen LogP contribution in [0.4, 0.5) is 0 Å². The van der Waals surface area contributed by atoms with E-state index in [0.29, 0.717) is 0 Å². The molecule has 35 heavy (non-hydrogen) atoms. The number of benzene rings is 4. The van der Waals surface area contributed by atoms with E-state index in [1.165, 1.54) is 38.5 Å². The van der Waals surface area contributed by atoms with Gasteiger partial charge in [0, 0.05) is 35.6 Å². The first-order valence-electron chi connectivity index (χ1n) is 12.1. The first-order chi connectivity index (χ1) is 17.2. The number of nitrogens with zero attached hydrogens (tertiary/aromatic N) is 3. The standard InChI is InChI=1S/C32H27N3/c1-4-35-31-29(23-10-6-5-7-11-23)27-13-9-8-12-26(27)28(24-14-16-33-17-15-24)30(31)34-32(35)25-19-21(2)18-22(3)20-25/h5-20H,4H2,1-3H3. The molecule has 0 radical (unpaired) electrons. The summed E-state index contributed by atoms with van der Waals surface area (Å²) in [5.74, 6) is 1.01. The summed E-state index contributed by atoms with van der Waals surface area (Å²) in [6.07, 6.45) is 3.73. The molecule has 0 aliphatic heterocycles. The molecule has 2 heterocycles. The SMILES string of the molecule is CCn1c(-c2cc(C)cc(C)c2)nc2c(-c3ccncc3)c3ccccc3c(-c3ccccc3)c21. The van der Waals surface area contributed by atoms with Gasteiger partial charge in [0.2, 0.25) is 0 Å². The van der Waals surface area contributed by atoms with E-state index >= 15 is 0 Å². The van der Waals surface area contributed by atoms with Crippen LogP contribution in [0.25, 0.3) is 55.4 Å². The van der Waals surface area contributed by atoms with E-state index in [1.54, 1.807) is 0 Å². The second-order valence-electron chi connectivity index (χ2n) is 9.15. The monoisotopic (exact) mass is 453 g/mol. The minimum atomic E-state index is 0.826. The molecular weight excluding hydrogens is 426 g/mol. The van der Waals surface area contributed by atoms with Crippen LogP contribution in [0.15, 0.2) is 97.3 Å². The number of aryl methyl sites for hydroxylation is 3. The number of imidazole rings is 1. The maximum absolute atomic E-state index is 5.39. The topological polar surface area (TPSA) is 30.7 Å². The Morgan fingerprint density at radius 1 is 0.657 bits per heavy atom. The van der Waals surface area contributed by atoms with Gasteiger partial charge in [0.05, 0.1) is 11.0 Å². The highest BCUT2D eigenvalue weighted by Gasteiger charge is 2.23. The fraction of sp³-hybridized carbons (Fsp3) is 0.125. The Labute approximate surface area is 205 Å². The highest BCUT2D eigenvalue weighted by Crippen LogP contribution is 2.44. The Hall–Kier alpha value is -4.24. The number of fused-ring (bicyclic) bond motifs is 2. The third-order valence-corrected chi connectivity index (χ3v) is 6.73. The summed E-state index contributed by atoms with van der Waals surface area (Å²) in [4.78, 5) is 9.67. The van der Waals surface area contributed by atoms with Crippen molar-refractivity contribution in [3.05, 3.63) is 108 Å². The molecule has 0 fully saturated rings. The van der Waals surface area contributed by atoms with Gasteiger partial charge in [-0.05, 0) is 66.9 Å². The second kappa shape index (κ2) is 8.52. The second-order valence-corrected chi connectivity index (χ2v) is 9.15. The Bertz CT molecular complexity index is 1660. The zero-order valence-electron chi connectivity index (χ0n) is 20.3. The van der Waals surface area contributed by atoms with Gasteiger partial charge in [-0.1, -0.05) is 71.8 Å². The van der Waals surface area contributed by atoms with Crippen LogP contribution in [0.1, 0.15) is 18.1 Å². The van der Waals surface area contributed by atoms with E-state index in [9.17, 15) is 0 Å². The summed E-state index contributed by atoms with van der Waals surface area (Å²) < 4.78 is 2.39. The summed E-state index contributed by atoms with van der Waals surface area (Å²) >= 11 is 0. The van der Waals surface area contributed by atoms with Crippen LogP contribution < -0.4 is 0 Å². The first kappa shape index (κ1) is 21.3. The Morgan fingerprint density at radius 3 is 1.91 bits per heavy atom. The van der Waals surface area contributed by atoms with Crippen molar-refractivity contribution in [3.8, 4) is 33.6 Å². The van der Waals surface area contributed by atoms with Crippen molar-refractivity contribution in [3.63, 3.8) is 0 Å². The van der Waals surface area contributed by atoms with Crippen molar-refractivity contribution in [2.45, 2.75) is 27.3 Å². The molecular formula is C32H27N3. The molecule has 4 aromatic carbocycles. The highest BCUT2D eigenvalue weighted by molar-refractivity contribution is 6.20. The number of hydrogen-bond acceptors (Lipinski definition) is 2. The lowest BCUT2D eigenvalue weighted by Crippen LogP contribution is -2.00. The third-order valence-electron chi connectivity index (χ3n) is 6.73. The molecule has 0 spiro atoms. The molecule has 6 aromatic rings. The first-order valence-corrected chi connectivity index (χ1v) is 12.1. The summed E-state index contributed by atoms with van der Waals surface area (Å²) in [5.41, 5.74) is 10.6. The van der Waals surface area contributed by atoms with Gasteiger partial charge < -0.3 is 4.57 Å². The molecule has 3 heteroatoms. The Kier molecular flexibility index (Phi) is 5.18. The van der Waals surface area contributed by atoms with Crippen molar-refractivity contribution < 1.29 is 0 Å². The molecule has 0 aliphatic rings. The molecule has 0 N–H and O–H groups in total. The van der Waals surface area contributed by atoms with E-state index in [-0.39, 0.29) is 0 Å².